The lowest BCUT2D eigenvalue weighted by atomic mass is 10.1. The van der Waals surface area contributed by atoms with Crippen LogP contribution in [0.3, 0.4) is 0 Å². The van der Waals surface area contributed by atoms with Crippen LogP contribution in [0.4, 0.5) is 5.69 Å². The Hall–Kier alpha value is -2.56. The predicted molar refractivity (Wildman–Crippen MR) is 102 cm³/mol. The van der Waals surface area contributed by atoms with E-state index in [1.54, 1.807) is 6.92 Å². The molecule has 2 aromatic rings. The number of carbonyl (C=O) groups excluding carboxylic acids is 2. The van der Waals surface area contributed by atoms with Gasteiger partial charge in [-0.1, -0.05) is 12.1 Å². The topological polar surface area (TPSA) is 65.2 Å². The van der Waals surface area contributed by atoms with Gasteiger partial charge in [-0.3, -0.25) is 9.59 Å². The molecule has 134 valence electrons. The zero-order valence-electron chi connectivity index (χ0n) is 15.7. The first-order chi connectivity index (χ1) is 11.8. The van der Waals surface area contributed by atoms with Crippen LogP contribution in [0.15, 0.2) is 24.3 Å². The van der Waals surface area contributed by atoms with Crippen LogP contribution in [0.1, 0.15) is 51.5 Å². The SMILES string of the molecule is CCN(CCNC(=O)c1[nH]c(C)c(C(C)=O)c1C)c1cccc(C)c1. The lowest BCUT2D eigenvalue weighted by molar-refractivity contribution is 0.0949. The standard InChI is InChI=1S/C20H27N3O2/c1-6-23(17-9-7-8-13(2)12-17)11-10-21-20(25)19-14(3)18(16(5)24)15(4)22-19/h7-9,12,22H,6,10-11H2,1-5H3,(H,21,25). The summed E-state index contributed by atoms with van der Waals surface area (Å²) in [6, 6.07) is 8.33. The Morgan fingerprint density at radius 2 is 1.92 bits per heavy atom. The molecule has 1 amide bonds. The van der Waals surface area contributed by atoms with Crippen LogP contribution < -0.4 is 10.2 Å². The third-order valence-electron chi connectivity index (χ3n) is 4.43. The molecule has 0 aliphatic rings. The number of carbonyl (C=O) groups is 2. The van der Waals surface area contributed by atoms with Crippen molar-refractivity contribution in [2.24, 2.45) is 0 Å². The van der Waals surface area contributed by atoms with Crippen molar-refractivity contribution in [3.8, 4) is 0 Å². The van der Waals surface area contributed by atoms with E-state index in [9.17, 15) is 9.59 Å². The first-order valence-electron chi connectivity index (χ1n) is 8.65. The molecule has 5 nitrogen and oxygen atoms in total. The van der Waals surface area contributed by atoms with Crippen LogP contribution in [-0.2, 0) is 0 Å². The smallest absolute Gasteiger partial charge is 0.268 e. The highest BCUT2D eigenvalue weighted by atomic mass is 16.2. The number of anilines is 1. The number of Topliss-reactive ketones (excluding diaryl/α,β-unsaturated/α-hetero) is 1. The molecular formula is C20H27N3O2. The highest BCUT2D eigenvalue weighted by Gasteiger charge is 2.19. The summed E-state index contributed by atoms with van der Waals surface area (Å²) >= 11 is 0. The van der Waals surface area contributed by atoms with Gasteiger partial charge in [-0.05, 0) is 57.9 Å². The van der Waals surface area contributed by atoms with Gasteiger partial charge in [0, 0.05) is 36.6 Å². The maximum Gasteiger partial charge on any atom is 0.268 e. The molecule has 0 spiro atoms. The number of nitrogens with one attached hydrogen (secondary N) is 2. The number of nitrogens with zero attached hydrogens (tertiary/aromatic N) is 1. The second kappa shape index (κ2) is 8.01. The molecule has 0 saturated heterocycles. The summed E-state index contributed by atoms with van der Waals surface area (Å²) in [5, 5.41) is 2.95. The number of rotatable bonds is 7. The second-order valence-electron chi connectivity index (χ2n) is 6.36. The lowest BCUT2D eigenvalue weighted by Gasteiger charge is -2.23. The summed E-state index contributed by atoms with van der Waals surface area (Å²) in [4.78, 5) is 29.4. The van der Waals surface area contributed by atoms with Gasteiger partial charge >= 0.3 is 0 Å². The van der Waals surface area contributed by atoms with Gasteiger partial charge in [0.05, 0.1) is 0 Å². The molecule has 0 aliphatic heterocycles. The van der Waals surface area contributed by atoms with Gasteiger partial charge in [-0.2, -0.15) is 0 Å². The summed E-state index contributed by atoms with van der Waals surface area (Å²) in [7, 11) is 0. The molecular weight excluding hydrogens is 314 g/mol. The molecule has 0 saturated carbocycles. The predicted octanol–water partition coefficient (Wildman–Crippen LogP) is 3.40. The van der Waals surface area contributed by atoms with Crippen molar-refractivity contribution in [3.63, 3.8) is 0 Å². The summed E-state index contributed by atoms with van der Waals surface area (Å²) in [6.07, 6.45) is 0. The molecule has 0 aliphatic carbocycles. The molecule has 1 aromatic carbocycles. The molecule has 2 rings (SSSR count). The number of aromatic amines is 1. The van der Waals surface area contributed by atoms with E-state index in [0.29, 0.717) is 23.4 Å². The minimum atomic E-state index is -0.173. The molecule has 1 aromatic heterocycles. The fourth-order valence-corrected chi connectivity index (χ4v) is 3.19. The van der Waals surface area contributed by atoms with Crippen molar-refractivity contribution in [1.82, 2.24) is 10.3 Å². The van der Waals surface area contributed by atoms with Crippen LogP contribution in [0, 0.1) is 20.8 Å². The van der Waals surface area contributed by atoms with E-state index < -0.39 is 0 Å². The van der Waals surface area contributed by atoms with Crippen LogP contribution in [0.5, 0.6) is 0 Å². The van der Waals surface area contributed by atoms with E-state index in [2.05, 4.69) is 47.2 Å². The van der Waals surface area contributed by atoms with Crippen LogP contribution in [0.25, 0.3) is 0 Å². The Morgan fingerprint density at radius 1 is 1.20 bits per heavy atom. The highest BCUT2D eigenvalue weighted by Crippen LogP contribution is 2.18. The Balaban J connectivity index is 2.00. The largest absolute Gasteiger partial charge is 0.370 e. The third-order valence-corrected chi connectivity index (χ3v) is 4.43. The van der Waals surface area contributed by atoms with Crippen LogP contribution in [-0.4, -0.2) is 36.3 Å². The number of H-pyrrole nitrogens is 1. The number of benzene rings is 1. The minimum Gasteiger partial charge on any atom is -0.370 e. The fraction of sp³-hybridized carbons (Fsp3) is 0.400. The number of aryl methyl sites for hydroxylation is 2. The lowest BCUT2D eigenvalue weighted by Crippen LogP contribution is -2.35. The first-order valence-corrected chi connectivity index (χ1v) is 8.65. The number of hydrogen-bond acceptors (Lipinski definition) is 3. The van der Waals surface area contributed by atoms with Gasteiger partial charge in [0.25, 0.3) is 5.91 Å². The van der Waals surface area contributed by atoms with Crippen LogP contribution in [0.2, 0.25) is 0 Å². The Labute approximate surface area is 149 Å². The molecule has 0 bridgehead atoms. The molecule has 0 fully saturated rings. The molecule has 0 radical (unpaired) electrons. The molecule has 0 atom stereocenters. The van der Waals surface area contributed by atoms with E-state index in [4.69, 9.17) is 0 Å². The molecule has 25 heavy (non-hydrogen) atoms. The number of likely N-dealkylation sites (N-methyl/N-ethyl adjacent to an activating group) is 1. The number of ketones is 1. The van der Waals surface area contributed by atoms with Crippen LogP contribution >= 0.6 is 0 Å². The van der Waals surface area contributed by atoms with Crippen molar-refractivity contribution in [2.45, 2.75) is 34.6 Å². The van der Waals surface area contributed by atoms with E-state index >= 15 is 0 Å². The first kappa shape index (κ1) is 18.8. The molecule has 1 heterocycles. The van der Waals surface area contributed by atoms with Crippen molar-refractivity contribution >= 4 is 17.4 Å². The summed E-state index contributed by atoms with van der Waals surface area (Å²) in [5.74, 6) is -0.199. The normalized spacial score (nSPS) is 10.6. The van der Waals surface area contributed by atoms with E-state index in [1.807, 2.05) is 13.0 Å². The van der Waals surface area contributed by atoms with Gasteiger partial charge in [-0.15, -0.1) is 0 Å². The Morgan fingerprint density at radius 3 is 2.48 bits per heavy atom. The summed E-state index contributed by atoms with van der Waals surface area (Å²) in [5.41, 5.74) is 4.91. The second-order valence-corrected chi connectivity index (χ2v) is 6.36. The molecule has 5 heteroatoms. The van der Waals surface area contributed by atoms with E-state index in [1.165, 1.54) is 12.5 Å². The van der Waals surface area contributed by atoms with Crippen molar-refractivity contribution in [1.29, 1.82) is 0 Å². The number of hydrogen-bond donors (Lipinski definition) is 2. The molecule has 0 unspecified atom stereocenters. The van der Waals surface area contributed by atoms with Gasteiger partial charge in [0.1, 0.15) is 5.69 Å². The summed E-state index contributed by atoms with van der Waals surface area (Å²) < 4.78 is 0. The quantitative estimate of drug-likeness (QED) is 0.759. The fourth-order valence-electron chi connectivity index (χ4n) is 3.19. The zero-order chi connectivity index (χ0) is 18.6. The monoisotopic (exact) mass is 341 g/mol. The van der Waals surface area contributed by atoms with Crippen molar-refractivity contribution in [3.05, 3.63) is 52.3 Å². The van der Waals surface area contributed by atoms with Gasteiger partial charge in [0.2, 0.25) is 0 Å². The maximum atomic E-state index is 12.4. The highest BCUT2D eigenvalue weighted by molar-refractivity contribution is 6.02. The third kappa shape index (κ3) is 4.29. The zero-order valence-corrected chi connectivity index (χ0v) is 15.7. The van der Waals surface area contributed by atoms with Gasteiger partial charge in [0.15, 0.2) is 5.78 Å². The molecule has 2 N–H and O–H groups in total. The average molecular weight is 341 g/mol. The van der Waals surface area contributed by atoms with E-state index in [0.717, 1.165) is 24.5 Å². The van der Waals surface area contributed by atoms with Crippen molar-refractivity contribution in [2.75, 3.05) is 24.5 Å². The van der Waals surface area contributed by atoms with Gasteiger partial charge < -0.3 is 15.2 Å². The Kier molecular flexibility index (Phi) is 6.02. The van der Waals surface area contributed by atoms with E-state index in [-0.39, 0.29) is 11.7 Å². The maximum absolute atomic E-state index is 12.4. The Bertz CT molecular complexity index is 777. The summed E-state index contributed by atoms with van der Waals surface area (Å²) in [6.45, 7) is 11.4. The number of aromatic nitrogens is 1. The minimum absolute atomic E-state index is 0.0260. The van der Waals surface area contributed by atoms with Gasteiger partial charge in [-0.25, -0.2) is 0 Å². The number of amides is 1. The average Bonchev–Trinajstić information content (AvgIpc) is 2.86. The van der Waals surface area contributed by atoms with Crippen molar-refractivity contribution < 1.29 is 9.59 Å².